The van der Waals surface area contributed by atoms with Gasteiger partial charge < -0.3 is 0 Å². The van der Waals surface area contributed by atoms with Crippen molar-refractivity contribution in [3.8, 4) is 22.4 Å². The van der Waals surface area contributed by atoms with Crippen molar-refractivity contribution in [3.05, 3.63) is 101 Å². The van der Waals surface area contributed by atoms with Crippen molar-refractivity contribution in [2.45, 2.75) is 0 Å². The van der Waals surface area contributed by atoms with Crippen LogP contribution in [0.5, 0.6) is 0 Å². The zero-order valence-electron chi connectivity index (χ0n) is 15.3. The Kier molecular flexibility index (Phi) is 3.41. The fraction of sp³-hybridized carbons (Fsp3) is 0. The smallest absolute Gasteiger partial charge is 0.196 e. The van der Waals surface area contributed by atoms with Gasteiger partial charge in [-0.05, 0) is 34.5 Å². The Morgan fingerprint density at radius 3 is 2.24 bits per heavy atom. The number of pyridine rings is 1. The number of rotatable bonds is 1. The Morgan fingerprint density at radius 2 is 1.41 bits per heavy atom. The van der Waals surface area contributed by atoms with Gasteiger partial charge in [-0.1, -0.05) is 78.3 Å². The summed E-state index contributed by atoms with van der Waals surface area (Å²) in [5, 5.41) is 3.95. The third-order valence-electron chi connectivity index (χ3n) is 5.66. The van der Waals surface area contributed by atoms with Crippen LogP contribution < -0.4 is 0 Å². The summed E-state index contributed by atoms with van der Waals surface area (Å²) in [5.74, 6) is 0.0304. The molecular formula is C26H14ClNO. The SMILES string of the molecule is O=C1c2ccccc2-c2c1c(-c1ccc(Cl)cc1)nc1ccc3ccccc3c21. The molecule has 6 rings (SSSR count). The van der Waals surface area contributed by atoms with E-state index in [4.69, 9.17) is 16.6 Å². The lowest BCUT2D eigenvalue weighted by molar-refractivity contribution is 0.104. The summed E-state index contributed by atoms with van der Waals surface area (Å²) in [6.45, 7) is 0. The predicted molar refractivity (Wildman–Crippen MR) is 119 cm³/mol. The molecule has 2 nitrogen and oxygen atoms in total. The van der Waals surface area contributed by atoms with E-state index in [1.165, 1.54) is 0 Å². The highest BCUT2D eigenvalue weighted by Gasteiger charge is 2.32. The molecule has 1 aromatic heterocycles. The van der Waals surface area contributed by atoms with Gasteiger partial charge >= 0.3 is 0 Å². The number of ketones is 1. The van der Waals surface area contributed by atoms with Crippen molar-refractivity contribution in [1.82, 2.24) is 4.98 Å². The highest BCUT2D eigenvalue weighted by molar-refractivity contribution is 6.31. The van der Waals surface area contributed by atoms with E-state index in [0.717, 1.165) is 43.9 Å². The first-order valence-electron chi connectivity index (χ1n) is 9.48. The van der Waals surface area contributed by atoms with E-state index in [0.29, 0.717) is 16.3 Å². The lowest BCUT2D eigenvalue weighted by atomic mass is 9.93. The van der Waals surface area contributed by atoms with Crippen LogP contribution in [0.4, 0.5) is 0 Å². The quantitative estimate of drug-likeness (QED) is 0.285. The maximum absolute atomic E-state index is 13.5. The van der Waals surface area contributed by atoms with Gasteiger partial charge in [0.2, 0.25) is 0 Å². The molecule has 0 aliphatic heterocycles. The summed E-state index contributed by atoms with van der Waals surface area (Å²) < 4.78 is 0. The average Bonchev–Trinajstić information content (AvgIpc) is 3.07. The molecule has 0 saturated heterocycles. The normalized spacial score (nSPS) is 12.4. The number of aromatic nitrogens is 1. The zero-order valence-corrected chi connectivity index (χ0v) is 16.1. The molecule has 0 spiro atoms. The summed E-state index contributed by atoms with van der Waals surface area (Å²) in [7, 11) is 0. The van der Waals surface area contributed by atoms with Gasteiger partial charge in [-0.25, -0.2) is 4.98 Å². The van der Waals surface area contributed by atoms with Crippen molar-refractivity contribution in [2.24, 2.45) is 0 Å². The molecule has 3 heteroatoms. The number of fused-ring (bicyclic) bond motifs is 7. The first kappa shape index (κ1) is 16.5. The van der Waals surface area contributed by atoms with Crippen LogP contribution in [0.15, 0.2) is 84.9 Å². The largest absolute Gasteiger partial charge is 0.288 e. The molecule has 1 aliphatic rings. The second kappa shape index (κ2) is 6.00. The molecule has 1 heterocycles. The van der Waals surface area contributed by atoms with Gasteiger partial charge in [-0.15, -0.1) is 0 Å². The summed E-state index contributed by atoms with van der Waals surface area (Å²) in [4.78, 5) is 18.4. The van der Waals surface area contributed by atoms with Gasteiger partial charge in [0.15, 0.2) is 5.78 Å². The number of carbonyl (C=O) groups excluding carboxylic acids is 1. The van der Waals surface area contributed by atoms with Crippen LogP contribution >= 0.6 is 11.6 Å². The number of carbonyl (C=O) groups is 1. The Balaban J connectivity index is 1.84. The number of nitrogens with zero attached hydrogens (tertiary/aromatic N) is 1. The van der Waals surface area contributed by atoms with Crippen LogP contribution in [0.25, 0.3) is 44.1 Å². The number of hydrogen-bond acceptors (Lipinski definition) is 2. The summed E-state index contributed by atoms with van der Waals surface area (Å²) in [5.41, 5.74) is 5.86. The van der Waals surface area contributed by atoms with Gasteiger partial charge in [0.25, 0.3) is 0 Å². The van der Waals surface area contributed by atoms with Gasteiger partial charge in [-0.2, -0.15) is 0 Å². The Bertz CT molecular complexity index is 1470. The van der Waals surface area contributed by atoms with E-state index >= 15 is 0 Å². The van der Waals surface area contributed by atoms with E-state index < -0.39 is 0 Å². The summed E-state index contributed by atoms with van der Waals surface area (Å²) >= 11 is 6.09. The van der Waals surface area contributed by atoms with Crippen molar-refractivity contribution in [3.63, 3.8) is 0 Å². The third-order valence-corrected chi connectivity index (χ3v) is 5.91. The first-order valence-corrected chi connectivity index (χ1v) is 9.86. The molecule has 0 fully saturated rings. The number of benzene rings is 4. The number of hydrogen-bond donors (Lipinski definition) is 0. The second-order valence-corrected chi connectivity index (χ2v) is 7.71. The molecule has 4 aromatic carbocycles. The van der Waals surface area contributed by atoms with E-state index in [1.54, 1.807) is 0 Å². The highest BCUT2D eigenvalue weighted by Crippen LogP contribution is 2.46. The van der Waals surface area contributed by atoms with Crippen LogP contribution in [0.2, 0.25) is 5.02 Å². The topological polar surface area (TPSA) is 30.0 Å². The van der Waals surface area contributed by atoms with Crippen LogP contribution in [-0.4, -0.2) is 10.8 Å². The van der Waals surface area contributed by atoms with Crippen LogP contribution in [0, 0.1) is 0 Å². The molecule has 0 amide bonds. The van der Waals surface area contributed by atoms with Crippen LogP contribution in [0.3, 0.4) is 0 Å². The average molecular weight is 392 g/mol. The molecule has 0 unspecified atom stereocenters. The van der Waals surface area contributed by atoms with Gasteiger partial charge in [0, 0.05) is 27.1 Å². The van der Waals surface area contributed by atoms with E-state index in [2.05, 4.69) is 18.2 Å². The van der Waals surface area contributed by atoms with Gasteiger partial charge in [-0.3, -0.25) is 4.79 Å². The molecule has 1 aliphatic carbocycles. The molecule has 5 aromatic rings. The van der Waals surface area contributed by atoms with E-state index in [9.17, 15) is 4.79 Å². The lowest BCUT2D eigenvalue weighted by Crippen LogP contribution is -2.01. The first-order chi connectivity index (χ1) is 14.2. The van der Waals surface area contributed by atoms with Crippen molar-refractivity contribution in [1.29, 1.82) is 0 Å². The molecule has 29 heavy (non-hydrogen) atoms. The monoisotopic (exact) mass is 391 g/mol. The summed E-state index contributed by atoms with van der Waals surface area (Å²) in [6, 6.07) is 27.8. The zero-order chi connectivity index (χ0) is 19.5. The Hall–Kier alpha value is -3.49. The minimum atomic E-state index is 0.0304. The standard InChI is InChI=1S/C26H14ClNO/c27-17-12-9-16(10-13-17)25-24-23(19-7-3-4-8-20(19)26(24)29)22-18-6-2-1-5-15(18)11-14-21(22)28-25/h1-14H. The predicted octanol–water partition coefficient (Wildman–Crippen LogP) is 6.92. The second-order valence-electron chi connectivity index (χ2n) is 7.27. The molecule has 0 bridgehead atoms. The number of halogens is 1. The minimum absolute atomic E-state index is 0.0304. The lowest BCUT2D eigenvalue weighted by Gasteiger charge is -2.13. The van der Waals surface area contributed by atoms with Crippen LogP contribution in [-0.2, 0) is 0 Å². The van der Waals surface area contributed by atoms with Crippen molar-refractivity contribution in [2.75, 3.05) is 0 Å². The molecule has 0 saturated carbocycles. The van der Waals surface area contributed by atoms with Crippen molar-refractivity contribution < 1.29 is 4.79 Å². The maximum Gasteiger partial charge on any atom is 0.196 e. The fourth-order valence-electron chi connectivity index (χ4n) is 4.38. The molecule has 136 valence electrons. The molecule has 0 N–H and O–H groups in total. The van der Waals surface area contributed by atoms with Crippen molar-refractivity contribution >= 4 is 39.1 Å². The minimum Gasteiger partial charge on any atom is -0.288 e. The molecule has 0 atom stereocenters. The fourth-order valence-corrected chi connectivity index (χ4v) is 4.50. The third kappa shape index (κ3) is 2.30. The Labute approximate surface area is 172 Å². The van der Waals surface area contributed by atoms with E-state index in [1.807, 2.05) is 66.7 Å². The van der Waals surface area contributed by atoms with Gasteiger partial charge in [0.05, 0.1) is 16.8 Å². The van der Waals surface area contributed by atoms with E-state index in [-0.39, 0.29) is 5.78 Å². The maximum atomic E-state index is 13.5. The Morgan fingerprint density at radius 1 is 0.690 bits per heavy atom. The van der Waals surface area contributed by atoms with Crippen LogP contribution in [0.1, 0.15) is 15.9 Å². The molecule has 0 radical (unpaired) electrons. The summed E-state index contributed by atoms with van der Waals surface area (Å²) in [6.07, 6.45) is 0. The highest BCUT2D eigenvalue weighted by atomic mass is 35.5. The van der Waals surface area contributed by atoms with Gasteiger partial charge in [0.1, 0.15) is 0 Å². The molecular weight excluding hydrogens is 378 g/mol.